The lowest BCUT2D eigenvalue weighted by Gasteiger charge is -2.21. The van der Waals surface area contributed by atoms with Gasteiger partial charge in [-0.2, -0.15) is 13.2 Å². The van der Waals surface area contributed by atoms with Crippen molar-refractivity contribution in [1.82, 2.24) is 4.90 Å². The molecule has 0 atom stereocenters. The van der Waals surface area contributed by atoms with E-state index in [2.05, 4.69) is 0 Å². The molecule has 0 aliphatic heterocycles. The van der Waals surface area contributed by atoms with E-state index in [4.69, 9.17) is 5.11 Å². The number of carbonyl (C=O) groups excluding carboxylic acids is 1. The van der Waals surface area contributed by atoms with Gasteiger partial charge in [0.2, 0.25) is 5.91 Å². The van der Waals surface area contributed by atoms with Gasteiger partial charge in [0.15, 0.2) is 0 Å². The van der Waals surface area contributed by atoms with Crippen LogP contribution in [0.1, 0.15) is 11.1 Å². The highest BCUT2D eigenvalue weighted by atomic mass is 19.4. The van der Waals surface area contributed by atoms with E-state index in [-0.39, 0.29) is 18.5 Å². The number of benzene rings is 1. The molecule has 1 rings (SSSR count). The van der Waals surface area contributed by atoms with Crippen LogP contribution in [0.25, 0.3) is 0 Å². The highest BCUT2D eigenvalue weighted by molar-refractivity contribution is 5.78. The summed E-state index contributed by atoms with van der Waals surface area (Å²) in [5.41, 5.74) is -0.566. The fraction of sp³-hybridized carbons (Fsp3) is 0.462. The predicted molar refractivity (Wildman–Crippen MR) is 64.8 cm³/mol. The molecule has 1 aromatic rings. The number of alkyl halides is 5. The van der Waals surface area contributed by atoms with E-state index < -0.39 is 37.2 Å². The predicted octanol–water partition coefficient (Wildman–Crippen LogP) is 2.33. The first-order valence-electron chi connectivity index (χ1n) is 6.07. The third kappa shape index (κ3) is 5.66. The summed E-state index contributed by atoms with van der Waals surface area (Å²) in [6.45, 7) is -1.53. The van der Waals surface area contributed by atoms with Crippen LogP contribution >= 0.6 is 0 Å². The Morgan fingerprint density at radius 1 is 1.19 bits per heavy atom. The molecular formula is C13H14F5NO2. The van der Waals surface area contributed by atoms with Crippen LogP contribution in [0.2, 0.25) is 0 Å². The van der Waals surface area contributed by atoms with Gasteiger partial charge in [0.1, 0.15) is 0 Å². The van der Waals surface area contributed by atoms with Crippen molar-refractivity contribution in [2.75, 3.05) is 19.7 Å². The Kier molecular flexibility index (Phi) is 6.07. The quantitative estimate of drug-likeness (QED) is 0.819. The maximum atomic E-state index is 12.4. The van der Waals surface area contributed by atoms with Crippen molar-refractivity contribution in [2.24, 2.45) is 0 Å². The first-order chi connectivity index (χ1) is 9.74. The molecular weight excluding hydrogens is 297 g/mol. The Morgan fingerprint density at radius 2 is 1.76 bits per heavy atom. The number of carbonyl (C=O) groups is 1. The highest BCUT2D eigenvalue weighted by Gasteiger charge is 2.30. The fourth-order valence-corrected chi connectivity index (χ4v) is 1.70. The number of amides is 1. The summed E-state index contributed by atoms with van der Waals surface area (Å²) in [6.07, 6.45) is -7.51. The molecule has 21 heavy (non-hydrogen) atoms. The van der Waals surface area contributed by atoms with Crippen molar-refractivity contribution in [3.8, 4) is 0 Å². The Labute approximate surface area is 118 Å². The van der Waals surface area contributed by atoms with E-state index >= 15 is 0 Å². The van der Waals surface area contributed by atoms with E-state index in [1.165, 1.54) is 0 Å². The summed E-state index contributed by atoms with van der Waals surface area (Å²) in [5, 5.41) is 8.73. The number of hydrogen-bond donors (Lipinski definition) is 1. The first-order valence-corrected chi connectivity index (χ1v) is 6.07. The maximum Gasteiger partial charge on any atom is 0.416 e. The van der Waals surface area contributed by atoms with Gasteiger partial charge in [-0.1, -0.05) is 12.1 Å². The molecule has 0 saturated carbocycles. The summed E-state index contributed by atoms with van der Waals surface area (Å²) in [6, 6.07) is 3.90. The molecule has 0 radical (unpaired) electrons. The minimum Gasteiger partial charge on any atom is -0.395 e. The van der Waals surface area contributed by atoms with Crippen molar-refractivity contribution >= 4 is 5.91 Å². The molecule has 1 amide bonds. The van der Waals surface area contributed by atoms with Crippen molar-refractivity contribution in [3.05, 3.63) is 35.4 Å². The zero-order chi connectivity index (χ0) is 16.0. The van der Waals surface area contributed by atoms with Gasteiger partial charge in [-0.05, 0) is 17.7 Å². The third-order valence-electron chi connectivity index (χ3n) is 2.72. The minimum absolute atomic E-state index is 0.246. The van der Waals surface area contributed by atoms with E-state index in [1.807, 2.05) is 0 Å². The van der Waals surface area contributed by atoms with Crippen LogP contribution in [-0.2, 0) is 17.4 Å². The Morgan fingerprint density at radius 3 is 2.19 bits per heavy atom. The number of hydrogen-bond acceptors (Lipinski definition) is 2. The lowest BCUT2D eigenvalue weighted by molar-refractivity contribution is -0.137. The number of aliphatic hydroxyl groups is 1. The smallest absolute Gasteiger partial charge is 0.395 e. The van der Waals surface area contributed by atoms with Gasteiger partial charge in [-0.15, -0.1) is 0 Å². The fourth-order valence-electron chi connectivity index (χ4n) is 1.70. The maximum absolute atomic E-state index is 12.4. The van der Waals surface area contributed by atoms with Crippen molar-refractivity contribution in [3.63, 3.8) is 0 Å². The highest BCUT2D eigenvalue weighted by Crippen LogP contribution is 2.29. The average Bonchev–Trinajstić information content (AvgIpc) is 2.37. The molecule has 8 heteroatoms. The molecule has 0 aromatic heterocycles. The van der Waals surface area contributed by atoms with E-state index in [9.17, 15) is 26.7 Å². The summed E-state index contributed by atoms with van der Waals surface area (Å²) in [4.78, 5) is 12.6. The largest absolute Gasteiger partial charge is 0.416 e. The van der Waals surface area contributed by atoms with Crippen LogP contribution in [0.3, 0.4) is 0 Å². The minimum atomic E-state index is -4.47. The summed E-state index contributed by atoms with van der Waals surface area (Å²) < 4.78 is 61.7. The van der Waals surface area contributed by atoms with Crippen LogP contribution in [-0.4, -0.2) is 42.0 Å². The zero-order valence-corrected chi connectivity index (χ0v) is 10.9. The molecule has 0 unspecified atom stereocenters. The average molecular weight is 311 g/mol. The lowest BCUT2D eigenvalue weighted by Crippen LogP contribution is -2.38. The van der Waals surface area contributed by atoms with Crippen LogP contribution < -0.4 is 0 Å². The molecule has 1 N–H and O–H groups in total. The molecule has 0 fully saturated rings. The number of aliphatic hydroxyl groups excluding tert-OH is 1. The third-order valence-corrected chi connectivity index (χ3v) is 2.72. The van der Waals surface area contributed by atoms with Gasteiger partial charge in [0.05, 0.1) is 25.1 Å². The van der Waals surface area contributed by atoms with Gasteiger partial charge in [-0.3, -0.25) is 4.79 Å². The van der Waals surface area contributed by atoms with E-state index in [0.29, 0.717) is 0 Å². The second kappa shape index (κ2) is 7.35. The molecule has 3 nitrogen and oxygen atoms in total. The number of nitrogens with zero attached hydrogens (tertiary/aromatic N) is 1. The molecule has 0 saturated heterocycles. The van der Waals surface area contributed by atoms with Crippen LogP contribution in [0.5, 0.6) is 0 Å². The van der Waals surface area contributed by atoms with Crippen molar-refractivity contribution in [2.45, 2.75) is 19.0 Å². The molecule has 1 aromatic carbocycles. The molecule has 0 aliphatic rings. The number of halogens is 5. The molecule has 118 valence electrons. The Hall–Kier alpha value is -1.70. The van der Waals surface area contributed by atoms with Crippen LogP contribution in [0, 0.1) is 0 Å². The van der Waals surface area contributed by atoms with Gasteiger partial charge in [-0.25, -0.2) is 8.78 Å². The molecule has 0 bridgehead atoms. The Bertz CT molecular complexity index is 459. The number of rotatable bonds is 6. The summed E-state index contributed by atoms with van der Waals surface area (Å²) in [7, 11) is 0. The Balaban J connectivity index is 2.72. The van der Waals surface area contributed by atoms with Gasteiger partial charge < -0.3 is 10.0 Å². The van der Waals surface area contributed by atoms with Crippen molar-refractivity contribution in [1.29, 1.82) is 0 Å². The second-order valence-corrected chi connectivity index (χ2v) is 4.33. The monoisotopic (exact) mass is 311 g/mol. The van der Waals surface area contributed by atoms with Crippen LogP contribution in [0.15, 0.2) is 24.3 Å². The standard InChI is InChI=1S/C13H14F5NO2/c14-11(15)8-19(5-6-20)12(21)7-9-1-3-10(4-2-9)13(16,17)18/h1-4,11,20H,5-8H2. The molecule has 0 heterocycles. The topological polar surface area (TPSA) is 40.5 Å². The molecule has 0 aliphatic carbocycles. The van der Waals surface area contributed by atoms with Crippen molar-refractivity contribution < 1.29 is 31.9 Å². The van der Waals surface area contributed by atoms with Gasteiger partial charge in [0, 0.05) is 6.54 Å². The molecule has 0 spiro atoms. The summed E-state index contributed by atoms with van der Waals surface area (Å²) >= 11 is 0. The van der Waals surface area contributed by atoms with E-state index in [1.54, 1.807) is 0 Å². The second-order valence-electron chi connectivity index (χ2n) is 4.33. The van der Waals surface area contributed by atoms with E-state index in [0.717, 1.165) is 29.2 Å². The van der Waals surface area contributed by atoms with Gasteiger partial charge in [0.25, 0.3) is 6.43 Å². The summed E-state index contributed by atoms with van der Waals surface area (Å²) in [5.74, 6) is -0.677. The van der Waals surface area contributed by atoms with Gasteiger partial charge >= 0.3 is 6.18 Å². The zero-order valence-electron chi connectivity index (χ0n) is 10.9. The normalized spacial score (nSPS) is 11.8. The van der Waals surface area contributed by atoms with Crippen LogP contribution in [0.4, 0.5) is 22.0 Å². The lowest BCUT2D eigenvalue weighted by atomic mass is 10.1. The first kappa shape index (κ1) is 17.4. The SMILES string of the molecule is O=C(Cc1ccc(C(F)(F)F)cc1)N(CCO)CC(F)F.